The van der Waals surface area contributed by atoms with Crippen LogP contribution in [-0.2, 0) is 0 Å². The summed E-state index contributed by atoms with van der Waals surface area (Å²) in [6, 6.07) is 64.1. The third-order valence-electron chi connectivity index (χ3n) is 10.8. The number of nitrogens with zero attached hydrogens (tertiary/aromatic N) is 2. The molecule has 4 nitrogen and oxygen atoms in total. The van der Waals surface area contributed by atoms with E-state index in [0.29, 0.717) is 5.39 Å². The van der Waals surface area contributed by atoms with Crippen LogP contribution in [0.15, 0.2) is 187 Å². The highest BCUT2D eigenvalue weighted by atomic mass is 16.1. The summed E-state index contributed by atoms with van der Waals surface area (Å²) < 4.78 is 4.66. The number of rotatable bonds is 4. The van der Waals surface area contributed by atoms with Crippen molar-refractivity contribution >= 4 is 65.3 Å². The van der Waals surface area contributed by atoms with E-state index in [9.17, 15) is 4.79 Å². The van der Waals surface area contributed by atoms with E-state index in [4.69, 9.17) is 0 Å². The predicted molar refractivity (Wildman–Crippen MR) is 222 cm³/mol. The van der Waals surface area contributed by atoms with Gasteiger partial charge in [0.2, 0.25) is 0 Å². The van der Waals surface area contributed by atoms with Crippen molar-refractivity contribution in [2.45, 2.75) is 0 Å². The van der Waals surface area contributed by atoms with E-state index in [1.807, 2.05) is 12.1 Å². The van der Waals surface area contributed by atoms with Crippen LogP contribution in [0.2, 0.25) is 0 Å². The standard InChI is InChI=1S/C49H31N3O/c53-49-42-29-41-37-21-7-9-23-43(37)52(36-20-12-18-34(28-36)32-15-5-2-6-16-32)46(41)30-40(42)38-25-26-45-47(48(38)50-49)39-22-8-10-24-44(39)51(45)35-19-11-17-33(27-35)31-13-3-1-4-14-31/h1-30H,(H,50,53). The molecular formula is C49H31N3O. The van der Waals surface area contributed by atoms with Crippen LogP contribution in [-0.4, -0.2) is 14.1 Å². The van der Waals surface area contributed by atoms with E-state index < -0.39 is 0 Å². The van der Waals surface area contributed by atoms with Crippen LogP contribution in [0.25, 0.3) is 98.9 Å². The molecule has 0 saturated carbocycles. The number of aromatic nitrogens is 3. The van der Waals surface area contributed by atoms with Gasteiger partial charge in [0, 0.05) is 43.7 Å². The maximum Gasteiger partial charge on any atom is 0.256 e. The summed E-state index contributed by atoms with van der Waals surface area (Å²) in [7, 11) is 0. The predicted octanol–water partition coefficient (Wildman–Crippen LogP) is 12.2. The van der Waals surface area contributed by atoms with Gasteiger partial charge in [0.05, 0.1) is 27.6 Å². The molecule has 3 heterocycles. The molecule has 0 aliphatic carbocycles. The van der Waals surface area contributed by atoms with Gasteiger partial charge >= 0.3 is 0 Å². The normalized spacial score (nSPS) is 11.8. The lowest BCUT2D eigenvalue weighted by Crippen LogP contribution is -2.07. The molecule has 8 aromatic carbocycles. The van der Waals surface area contributed by atoms with Crippen molar-refractivity contribution in [3.63, 3.8) is 0 Å². The minimum atomic E-state index is -0.0901. The number of fused-ring (bicyclic) bond motifs is 10. The van der Waals surface area contributed by atoms with Crippen LogP contribution < -0.4 is 5.56 Å². The van der Waals surface area contributed by atoms with Gasteiger partial charge in [-0.2, -0.15) is 0 Å². The summed E-state index contributed by atoms with van der Waals surface area (Å²) in [6.45, 7) is 0. The summed E-state index contributed by atoms with van der Waals surface area (Å²) in [5, 5.41) is 6.95. The number of benzene rings is 8. The van der Waals surface area contributed by atoms with Crippen LogP contribution in [0.5, 0.6) is 0 Å². The maximum absolute atomic E-state index is 14.2. The molecule has 53 heavy (non-hydrogen) atoms. The first-order chi connectivity index (χ1) is 26.2. The van der Waals surface area contributed by atoms with Crippen molar-refractivity contribution < 1.29 is 0 Å². The molecule has 0 aliphatic rings. The topological polar surface area (TPSA) is 42.7 Å². The summed E-state index contributed by atoms with van der Waals surface area (Å²) in [6.07, 6.45) is 0. The Morgan fingerprint density at radius 3 is 1.55 bits per heavy atom. The average molecular weight is 678 g/mol. The van der Waals surface area contributed by atoms with E-state index in [0.717, 1.165) is 82.4 Å². The zero-order valence-electron chi connectivity index (χ0n) is 28.6. The number of hydrogen-bond donors (Lipinski definition) is 1. The van der Waals surface area contributed by atoms with Crippen LogP contribution >= 0.6 is 0 Å². The van der Waals surface area contributed by atoms with Gasteiger partial charge in [-0.15, -0.1) is 0 Å². The van der Waals surface area contributed by atoms with Crippen molar-refractivity contribution in [2.24, 2.45) is 0 Å². The van der Waals surface area contributed by atoms with Crippen LogP contribution in [0.3, 0.4) is 0 Å². The molecule has 0 radical (unpaired) electrons. The van der Waals surface area contributed by atoms with Crippen LogP contribution in [0, 0.1) is 0 Å². The Balaban J connectivity index is 1.20. The highest BCUT2D eigenvalue weighted by molar-refractivity contribution is 6.25. The Morgan fingerprint density at radius 2 is 0.887 bits per heavy atom. The number of para-hydroxylation sites is 2. The zero-order valence-corrected chi connectivity index (χ0v) is 28.6. The smallest absolute Gasteiger partial charge is 0.256 e. The fourth-order valence-corrected chi connectivity index (χ4v) is 8.49. The second-order valence-electron chi connectivity index (χ2n) is 13.8. The highest BCUT2D eigenvalue weighted by Gasteiger charge is 2.20. The molecule has 0 unspecified atom stereocenters. The maximum atomic E-state index is 14.2. The van der Waals surface area contributed by atoms with Crippen LogP contribution in [0.4, 0.5) is 0 Å². The summed E-state index contributed by atoms with van der Waals surface area (Å²) in [5.74, 6) is 0. The van der Waals surface area contributed by atoms with Crippen molar-refractivity contribution in [1.29, 1.82) is 0 Å². The number of nitrogens with one attached hydrogen (secondary N) is 1. The van der Waals surface area contributed by atoms with Gasteiger partial charge in [0.25, 0.3) is 5.56 Å². The van der Waals surface area contributed by atoms with Gasteiger partial charge in [-0.25, -0.2) is 0 Å². The lowest BCUT2D eigenvalue weighted by molar-refractivity contribution is 1.18. The molecule has 0 saturated heterocycles. The van der Waals surface area contributed by atoms with E-state index >= 15 is 0 Å². The lowest BCUT2D eigenvalue weighted by atomic mass is 10.0. The zero-order chi connectivity index (χ0) is 35.0. The first-order valence-electron chi connectivity index (χ1n) is 18.0. The Bertz CT molecular complexity index is 3300. The molecule has 0 amide bonds. The quantitative estimate of drug-likeness (QED) is 0.185. The van der Waals surface area contributed by atoms with Gasteiger partial charge in [-0.3, -0.25) is 4.79 Å². The van der Waals surface area contributed by atoms with E-state index in [-0.39, 0.29) is 5.56 Å². The van der Waals surface area contributed by atoms with Crippen LogP contribution in [0.1, 0.15) is 0 Å². The molecular weight excluding hydrogens is 647 g/mol. The number of H-pyrrole nitrogens is 1. The third-order valence-corrected chi connectivity index (χ3v) is 10.8. The van der Waals surface area contributed by atoms with Gasteiger partial charge in [-0.05, 0) is 82.2 Å². The molecule has 11 rings (SSSR count). The molecule has 3 aromatic heterocycles. The van der Waals surface area contributed by atoms with Crippen molar-refractivity contribution in [3.8, 4) is 33.6 Å². The number of pyridine rings is 1. The largest absolute Gasteiger partial charge is 0.321 e. The summed E-state index contributed by atoms with van der Waals surface area (Å²) in [4.78, 5) is 17.6. The van der Waals surface area contributed by atoms with Gasteiger partial charge in [0.15, 0.2) is 0 Å². The average Bonchev–Trinajstić information content (AvgIpc) is 3.74. The first kappa shape index (κ1) is 29.5. The van der Waals surface area contributed by atoms with Gasteiger partial charge in [0.1, 0.15) is 0 Å². The molecule has 0 spiro atoms. The number of hydrogen-bond acceptors (Lipinski definition) is 1. The van der Waals surface area contributed by atoms with E-state index in [1.54, 1.807) is 0 Å². The number of aromatic amines is 1. The van der Waals surface area contributed by atoms with E-state index in [2.05, 4.69) is 184 Å². The first-order valence-corrected chi connectivity index (χ1v) is 18.0. The van der Waals surface area contributed by atoms with Crippen molar-refractivity contribution in [3.05, 3.63) is 192 Å². The molecule has 0 atom stereocenters. The van der Waals surface area contributed by atoms with Gasteiger partial charge < -0.3 is 14.1 Å². The summed E-state index contributed by atoms with van der Waals surface area (Å²) >= 11 is 0. The molecule has 1 N–H and O–H groups in total. The van der Waals surface area contributed by atoms with E-state index in [1.165, 1.54) is 11.1 Å². The molecule has 11 aromatic rings. The summed E-state index contributed by atoms with van der Waals surface area (Å²) in [5.41, 5.74) is 11.9. The second kappa shape index (κ2) is 11.4. The molecule has 248 valence electrons. The molecule has 0 fully saturated rings. The molecule has 4 heteroatoms. The fraction of sp³-hybridized carbons (Fsp3) is 0. The van der Waals surface area contributed by atoms with Gasteiger partial charge in [-0.1, -0.05) is 127 Å². The monoisotopic (exact) mass is 677 g/mol. The lowest BCUT2D eigenvalue weighted by Gasteiger charge is -2.12. The SMILES string of the molecule is O=c1[nH]c2c(ccc3c2c2ccccc2n3-c2cccc(-c3ccccc3)c2)c2cc3c(cc12)c1ccccc1n3-c1cccc(-c2ccccc2)c1. The molecule has 0 aliphatic heterocycles. The Labute approximate surface area is 304 Å². The molecule has 0 bridgehead atoms. The Morgan fingerprint density at radius 1 is 0.340 bits per heavy atom. The fourth-order valence-electron chi connectivity index (χ4n) is 8.49. The minimum absolute atomic E-state index is 0.0901. The minimum Gasteiger partial charge on any atom is -0.321 e. The Hall–Kier alpha value is -7.17. The van der Waals surface area contributed by atoms with Crippen molar-refractivity contribution in [1.82, 2.24) is 14.1 Å². The Kier molecular flexibility index (Phi) is 6.37. The second-order valence-corrected chi connectivity index (χ2v) is 13.8. The third kappa shape index (κ3) is 4.46. The van der Waals surface area contributed by atoms with Crippen molar-refractivity contribution in [2.75, 3.05) is 0 Å². The highest BCUT2D eigenvalue weighted by Crippen LogP contribution is 2.40.